The lowest BCUT2D eigenvalue weighted by molar-refractivity contribution is -0.00517. The van der Waals surface area contributed by atoms with Crippen molar-refractivity contribution in [3.8, 4) is 0 Å². The van der Waals surface area contributed by atoms with Gasteiger partial charge in [-0.05, 0) is 44.0 Å². The molecule has 0 radical (unpaired) electrons. The van der Waals surface area contributed by atoms with Gasteiger partial charge in [-0.1, -0.05) is 36.4 Å². The summed E-state index contributed by atoms with van der Waals surface area (Å²) < 4.78 is 5.84. The second kappa shape index (κ2) is 8.44. The number of morpholine rings is 1. The maximum Gasteiger partial charge on any atom is 0.321 e. The first-order valence-electron chi connectivity index (χ1n) is 9.50. The fourth-order valence-electron chi connectivity index (χ4n) is 3.56. The number of aryl methyl sites for hydroxylation is 1. The number of amides is 2. The predicted molar refractivity (Wildman–Crippen MR) is 110 cm³/mol. The fourth-order valence-corrected chi connectivity index (χ4v) is 3.56. The van der Waals surface area contributed by atoms with Crippen LogP contribution >= 0.6 is 0 Å². The van der Waals surface area contributed by atoms with E-state index in [0.717, 1.165) is 30.0 Å². The Morgan fingerprint density at radius 2 is 1.74 bits per heavy atom. The molecule has 1 fully saturated rings. The van der Waals surface area contributed by atoms with Crippen LogP contribution in [0.1, 0.15) is 25.0 Å². The van der Waals surface area contributed by atoms with Crippen molar-refractivity contribution < 1.29 is 9.53 Å². The molecule has 0 aromatic heterocycles. The number of hydrogen-bond acceptors (Lipinski definition) is 3. The highest BCUT2D eigenvalue weighted by molar-refractivity contribution is 5.93. The van der Waals surface area contributed by atoms with Crippen LogP contribution in [-0.2, 0) is 11.3 Å². The summed E-state index contributed by atoms with van der Waals surface area (Å²) in [6, 6.07) is 16.0. The Morgan fingerprint density at radius 3 is 2.44 bits per heavy atom. The SMILES string of the molecule is Cc1ccccc1CN(C)C(=O)Nc1ccccc1N1CC(C)OC(C)C1. The molecule has 144 valence electrons. The summed E-state index contributed by atoms with van der Waals surface area (Å²) in [6.07, 6.45) is 0.336. The van der Waals surface area contributed by atoms with Crippen LogP contribution in [-0.4, -0.2) is 43.3 Å². The van der Waals surface area contributed by atoms with Crippen molar-refractivity contribution in [3.63, 3.8) is 0 Å². The van der Waals surface area contributed by atoms with E-state index in [0.29, 0.717) is 6.54 Å². The first-order chi connectivity index (χ1) is 12.9. The van der Waals surface area contributed by atoms with E-state index in [4.69, 9.17) is 4.74 Å². The molecule has 5 nitrogen and oxygen atoms in total. The third-order valence-corrected chi connectivity index (χ3v) is 4.92. The van der Waals surface area contributed by atoms with Crippen LogP contribution in [0.2, 0.25) is 0 Å². The van der Waals surface area contributed by atoms with Crippen molar-refractivity contribution in [3.05, 3.63) is 59.7 Å². The van der Waals surface area contributed by atoms with Crippen LogP contribution in [0.15, 0.2) is 48.5 Å². The topological polar surface area (TPSA) is 44.8 Å². The molecular weight excluding hydrogens is 338 g/mol. The third kappa shape index (κ3) is 4.80. The highest BCUT2D eigenvalue weighted by Gasteiger charge is 2.24. The van der Waals surface area contributed by atoms with E-state index in [1.54, 1.807) is 4.90 Å². The zero-order chi connectivity index (χ0) is 19.4. The van der Waals surface area contributed by atoms with Gasteiger partial charge in [-0.15, -0.1) is 0 Å². The van der Waals surface area contributed by atoms with Gasteiger partial charge in [-0.25, -0.2) is 4.79 Å². The largest absolute Gasteiger partial charge is 0.372 e. The number of nitrogens with zero attached hydrogens (tertiary/aromatic N) is 2. The van der Waals surface area contributed by atoms with Gasteiger partial charge in [0, 0.05) is 26.7 Å². The average molecular weight is 367 g/mol. The molecular formula is C22H29N3O2. The number of rotatable bonds is 4. The summed E-state index contributed by atoms with van der Waals surface area (Å²) in [6.45, 7) is 8.44. The van der Waals surface area contributed by atoms with Crippen molar-refractivity contribution in [1.29, 1.82) is 0 Å². The molecule has 5 heteroatoms. The number of carbonyl (C=O) groups excluding carboxylic acids is 1. The predicted octanol–water partition coefficient (Wildman–Crippen LogP) is 4.27. The molecule has 1 aliphatic heterocycles. The Hall–Kier alpha value is -2.53. The van der Waals surface area contributed by atoms with Crippen molar-refractivity contribution in [2.75, 3.05) is 30.4 Å². The molecule has 1 heterocycles. The molecule has 2 atom stereocenters. The van der Waals surface area contributed by atoms with Crippen LogP contribution in [0, 0.1) is 6.92 Å². The van der Waals surface area contributed by atoms with Gasteiger partial charge < -0.3 is 19.9 Å². The molecule has 1 N–H and O–H groups in total. The van der Waals surface area contributed by atoms with Gasteiger partial charge >= 0.3 is 6.03 Å². The van der Waals surface area contributed by atoms with Crippen LogP contribution in [0.25, 0.3) is 0 Å². The quantitative estimate of drug-likeness (QED) is 0.878. The highest BCUT2D eigenvalue weighted by Crippen LogP contribution is 2.28. The van der Waals surface area contributed by atoms with Crippen molar-refractivity contribution in [2.24, 2.45) is 0 Å². The minimum Gasteiger partial charge on any atom is -0.372 e. The zero-order valence-electron chi connectivity index (χ0n) is 16.6. The number of carbonyl (C=O) groups is 1. The van der Waals surface area contributed by atoms with Crippen LogP contribution in [0.3, 0.4) is 0 Å². The molecule has 3 rings (SSSR count). The van der Waals surface area contributed by atoms with Gasteiger partial charge in [-0.3, -0.25) is 0 Å². The van der Waals surface area contributed by atoms with Gasteiger partial charge in [0.25, 0.3) is 0 Å². The maximum atomic E-state index is 12.8. The van der Waals surface area contributed by atoms with Gasteiger partial charge in [0.2, 0.25) is 0 Å². The lowest BCUT2D eigenvalue weighted by atomic mass is 10.1. The minimum absolute atomic E-state index is 0.111. The normalized spacial score (nSPS) is 19.6. The average Bonchev–Trinajstić information content (AvgIpc) is 2.63. The fraction of sp³-hybridized carbons (Fsp3) is 0.409. The summed E-state index contributed by atoms with van der Waals surface area (Å²) in [5, 5.41) is 3.08. The molecule has 0 spiro atoms. The Balaban J connectivity index is 1.72. The van der Waals surface area contributed by atoms with Crippen molar-refractivity contribution in [2.45, 2.75) is 39.5 Å². The van der Waals surface area contributed by atoms with Gasteiger partial charge in [-0.2, -0.15) is 0 Å². The number of anilines is 2. The molecule has 2 amide bonds. The van der Waals surface area contributed by atoms with E-state index in [-0.39, 0.29) is 18.2 Å². The second-order valence-corrected chi connectivity index (χ2v) is 7.39. The molecule has 27 heavy (non-hydrogen) atoms. The molecule has 1 aliphatic rings. The second-order valence-electron chi connectivity index (χ2n) is 7.39. The van der Waals surface area contributed by atoms with E-state index >= 15 is 0 Å². The van der Waals surface area contributed by atoms with Gasteiger partial charge in [0.05, 0.1) is 23.6 Å². The Kier molecular flexibility index (Phi) is 6.01. The minimum atomic E-state index is -0.111. The van der Waals surface area contributed by atoms with Crippen molar-refractivity contribution in [1.82, 2.24) is 4.90 Å². The molecule has 1 saturated heterocycles. The van der Waals surface area contributed by atoms with E-state index in [2.05, 4.69) is 49.2 Å². The smallest absolute Gasteiger partial charge is 0.321 e. The first kappa shape index (κ1) is 19.2. The number of nitrogens with one attached hydrogen (secondary N) is 1. The summed E-state index contributed by atoms with van der Waals surface area (Å²) in [4.78, 5) is 16.8. The lowest BCUT2D eigenvalue weighted by Crippen LogP contribution is -2.45. The monoisotopic (exact) mass is 367 g/mol. The number of hydrogen-bond donors (Lipinski definition) is 1. The molecule has 2 aromatic carbocycles. The first-order valence-corrected chi connectivity index (χ1v) is 9.50. The Labute approximate surface area is 161 Å². The number of ether oxygens (including phenoxy) is 1. The Morgan fingerprint density at radius 1 is 1.11 bits per heavy atom. The summed E-state index contributed by atoms with van der Waals surface area (Å²) in [5.41, 5.74) is 4.21. The third-order valence-electron chi connectivity index (χ3n) is 4.92. The molecule has 0 bridgehead atoms. The summed E-state index contributed by atoms with van der Waals surface area (Å²) in [7, 11) is 1.82. The molecule has 0 saturated carbocycles. The lowest BCUT2D eigenvalue weighted by Gasteiger charge is -2.37. The van der Waals surface area contributed by atoms with Crippen LogP contribution in [0.4, 0.5) is 16.2 Å². The number of urea groups is 1. The Bertz CT molecular complexity index is 783. The van der Waals surface area contributed by atoms with E-state index in [1.165, 1.54) is 5.56 Å². The van der Waals surface area contributed by atoms with Gasteiger partial charge in [0.15, 0.2) is 0 Å². The molecule has 2 aromatic rings. The van der Waals surface area contributed by atoms with Crippen LogP contribution < -0.4 is 10.2 Å². The van der Waals surface area contributed by atoms with E-state index in [1.807, 2.05) is 37.4 Å². The maximum absolute atomic E-state index is 12.8. The molecule has 0 aliphatic carbocycles. The van der Waals surface area contributed by atoms with E-state index < -0.39 is 0 Å². The summed E-state index contributed by atoms with van der Waals surface area (Å²) in [5.74, 6) is 0. The van der Waals surface area contributed by atoms with Gasteiger partial charge in [0.1, 0.15) is 0 Å². The van der Waals surface area contributed by atoms with Crippen molar-refractivity contribution >= 4 is 17.4 Å². The number of benzene rings is 2. The highest BCUT2D eigenvalue weighted by atomic mass is 16.5. The number of para-hydroxylation sites is 2. The molecule has 2 unspecified atom stereocenters. The van der Waals surface area contributed by atoms with E-state index in [9.17, 15) is 4.79 Å². The van der Waals surface area contributed by atoms with Crippen LogP contribution in [0.5, 0.6) is 0 Å². The standard InChI is InChI=1S/C22H29N3O2/c1-16-9-5-6-10-19(16)15-24(4)22(26)23-20-11-7-8-12-21(20)25-13-17(2)27-18(3)14-25/h5-12,17-18H,13-15H2,1-4H3,(H,23,26). The zero-order valence-corrected chi connectivity index (χ0v) is 16.6. The summed E-state index contributed by atoms with van der Waals surface area (Å²) >= 11 is 0.